The van der Waals surface area contributed by atoms with Crippen LogP contribution in [0.5, 0.6) is 0 Å². The number of allylic oxidation sites excluding steroid dienone is 1. The van der Waals surface area contributed by atoms with Crippen LogP contribution in [-0.2, 0) is 9.31 Å². The molecule has 118 valence electrons. The van der Waals surface area contributed by atoms with Crippen LogP contribution >= 0.6 is 0 Å². The molecule has 0 aromatic carbocycles. The summed E-state index contributed by atoms with van der Waals surface area (Å²) in [5.41, 5.74) is 6.60. The summed E-state index contributed by atoms with van der Waals surface area (Å²) in [7, 11) is -0.209. The van der Waals surface area contributed by atoms with Gasteiger partial charge in [0.2, 0.25) is 0 Å². The van der Waals surface area contributed by atoms with E-state index in [1.54, 1.807) is 0 Å². The highest BCUT2D eigenvalue weighted by molar-refractivity contribution is 6.47. The van der Waals surface area contributed by atoms with Gasteiger partial charge in [0, 0.05) is 5.94 Å². The van der Waals surface area contributed by atoms with E-state index in [0.29, 0.717) is 11.3 Å². The molecule has 1 aliphatic heterocycles. The molecule has 4 heteroatoms. The Labute approximate surface area is 129 Å². The predicted octanol–water partition coefficient (Wildman–Crippen LogP) is 3.33. The van der Waals surface area contributed by atoms with Gasteiger partial charge in [-0.05, 0) is 56.3 Å². The van der Waals surface area contributed by atoms with Crippen molar-refractivity contribution in [1.82, 2.24) is 0 Å². The van der Waals surface area contributed by atoms with Gasteiger partial charge in [0.05, 0.1) is 11.7 Å². The van der Waals surface area contributed by atoms with Gasteiger partial charge < -0.3 is 15.0 Å². The lowest BCUT2D eigenvalue weighted by Gasteiger charge is -2.64. The maximum atomic E-state index is 6.39. The van der Waals surface area contributed by atoms with Crippen LogP contribution in [0.3, 0.4) is 0 Å². The van der Waals surface area contributed by atoms with Gasteiger partial charge in [0.25, 0.3) is 0 Å². The third-order valence-corrected chi connectivity index (χ3v) is 6.51. The normalized spacial score (nSPS) is 41.3. The molecule has 0 aromatic heterocycles. The molecule has 1 heterocycles. The van der Waals surface area contributed by atoms with E-state index in [1.165, 1.54) is 6.42 Å². The number of hydrogen-bond acceptors (Lipinski definition) is 3. The maximum Gasteiger partial charge on any atom is 0.475 e. The van der Waals surface area contributed by atoms with Crippen LogP contribution in [0.15, 0.2) is 12.7 Å². The summed E-state index contributed by atoms with van der Waals surface area (Å²) in [6.07, 6.45) is 8.97. The Morgan fingerprint density at radius 1 is 1.33 bits per heavy atom. The highest BCUT2D eigenvalue weighted by Crippen LogP contribution is 2.65. The molecule has 5 atom stereocenters. The summed E-state index contributed by atoms with van der Waals surface area (Å²) in [5.74, 6) is 1.41. The fourth-order valence-electron chi connectivity index (χ4n) is 4.89. The minimum Gasteiger partial charge on any atom is -0.404 e. The van der Waals surface area contributed by atoms with Gasteiger partial charge in [0.1, 0.15) is 0 Å². The van der Waals surface area contributed by atoms with Gasteiger partial charge in [-0.3, -0.25) is 0 Å². The second-order valence-electron chi connectivity index (χ2n) is 8.07. The van der Waals surface area contributed by atoms with Crippen molar-refractivity contribution >= 4 is 7.12 Å². The van der Waals surface area contributed by atoms with Gasteiger partial charge in [-0.2, -0.15) is 0 Å². The summed E-state index contributed by atoms with van der Waals surface area (Å²) in [5, 5.41) is 0. The Balaban J connectivity index is 1.58. The van der Waals surface area contributed by atoms with E-state index in [4.69, 9.17) is 15.0 Å². The Bertz CT molecular complexity index is 414. The fraction of sp³-hybridized carbons (Fsp3) is 0.882. The molecule has 4 fully saturated rings. The molecule has 21 heavy (non-hydrogen) atoms. The van der Waals surface area contributed by atoms with E-state index in [1.807, 2.05) is 6.08 Å². The summed E-state index contributed by atoms with van der Waals surface area (Å²) >= 11 is 0. The Hall–Kier alpha value is -0.315. The highest BCUT2D eigenvalue weighted by atomic mass is 16.7. The second-order valence-corrected chi connectivity index (χ2v) is 8.07. The molecule has 2 N–H and O–H groups in total. The zero-order chi connectivity index (χ0) is 15.3. The zero-order valence-corrected chi connectivity index (χ0v) is 13.8. The van der Waals surface area contributed by atoms with Gasteiger partial charge in [-0.25, -0.2) is 0 Å². The summed E-state index contributed by atoms with van der Waals surface area (Å²) in [6, 6.07) is 0. The first kappa shape index (κ1) is 15.6. The van der Waals surface area contributed by atoms with Crippen molar-refractivity contribution in [2.75, 3.05) is 0 Å². The molecule has 4 rings (SSSR count). The third-order valence-electron chi connectivity index (χ3n) is 6.51. The Morgan fingerprint density at radius 2 is 2.10 bits per heavy atom. The monoisotopic (exact) mass is 291 g/mol. The Morgan fingerprint density at radius 3 is 2.76 bits per heavy atom. The number of unbranched alkanes of at least 4 members (excludes halogenated alkanes) is 2. The molecule has 0 amide bonds. The maximum absolute atomic E-state index is 6.39. The average molecular weight is 291 g/mol. The summed E-state index contributed by atoms with van der Waals surface area (Å²) in [6.45, 7) is 10.8. The molecule has 0 radical (unpaired) electrons. The first-order chi connectivity index (χ1) is 9.89. The molecule has 2 bridgehead atoms. The Kier molecular flexibility index (Phi) is 4.00. The summed E-state index contributed by atoms with van der Waals surface area (Å²) < 4.78 is 12.6. The molecule has 1 saturated heterocycles. The molecule has 5 unspecified atom stereocenters. The van der Waals surface area contributed by atoms with Crippen molar-refractivity contribution in [2.45, 2.75) is 76.9 Å². The van der Waals surface area contributed by atoms with E-state index in [2.05, 4.69) is 27.4 Å². The van der Waals surface area contributed by atoms with Gasteiger partial charge in [-0.15, -0.1) is 6.58 Å². The number of hydrogen-bond donors (Lipinski definition) is 1. The van der Waals surface area contributed by atoms with Gasteiger partial charge in [0.15, 0.2) is 0 Å². The van der Waals surface area contributed by atoms with Crippen LogP contribution in [-0.4, -0.2) is 24.8 Å². The van der Waals surface area contributed by atoms with E-state index in [9.17, 15) is 0 Å². The quantitative estimate of drug-likeness (QED) is 0.464. The lowest BCUT2D eigenvalue weighted by atomic mass is 9.43. The molecule has 3 saturated carbocycles. The predicted molar refractivity (Wildman–Crippen MR) is 86.8 cm³/mol. The van der Waals surface area contributed by atoms with E-state index in [-0.39, 0.29) is 24.8 Å². The second kappa shape index (κ2) is 5.40. The minimum atomic E-state index is -0.209. The van der Waals surface area contributed by atoms with Crippen LogP contribution in [0.4, 0.5) is 0 Å². The standard InChI is InChI=1S/C17H30BNO2/c1-5-6-7-8-9-15(19)18-20-14-11-12-10-13(16(12,2)3)17(14,4)21-18/h5,12-15H,1,6-11,19H2,2-4H3. The van der Waals surface area contributed by atoms with Crippen molar-refractivity contribution in [1.29, 1.82) is 0 Å². The largest absolute Gasteiger partial charge is 0.475 e. The van der Waals surface area contributed by atoms with E-state index in [0.717, 1.165) is 38.0 Å². The minimum absolute atomic E-state index is 0.00227. The highest BCUT2D eigenvalue weighted by Gasteiger charge is 2.68. The smallest absolute Gasteiger partial charge is 0.404 e. The first-order valence-corrected chi connectivity index (χ1v) is 8.59. The van der Waals surface area contributed by atoms with Gasteiger partial charge in [-0.1, -0.05) is 26.3 Å². The lowest BCUT2D eigenvalue weighted by Crippen LogP contribution is -2.65. The lowest BCUT2D eigenvalue weighted by molar-refractivity contribution is -0.199. The number of nitrogens with two attached hydrogens (primary N) is 1. The SMILES string of the molecule is C=CCCCCC(N)B1OC2CC3CC(C3(C)C)C2(C)O1. The molecular formula is C17H30BNO2. The third kappa shape index (κ3) is 2.40. The zero-order valence-electron chi connectivity index (χ0n) is 13.8. The average Bonchev–Trinajstić information content (AvgIpc) is 2.80. The number of rotatable bonds is 6. The first-order valence-electron chi connectivity index (χ1n) is 8.59. The summed E-state index contributed by atoms with van der Waals surface area (Å²) in [4.78, 5) is 0. The van der Waals surface area contributed by atoms with Gasteiger partial charge >= 0.3 is 7.12 Å². The van der Waals surface area contributed by atoms with Crippen LogP contribution in [0.1, 0.15) is 59.3 Å². The molecular weight excluding hydrogens is 261 g/mol. The van der Waals surface area contributed by atoms with E-state index >= 15 is 0 Å². The van der Waals surface area contributed by atoms with Crippen molar-refractivity contribution in [2.24, 2.45) is 23.0 Å². The molecule has 3 nitrogen and oxygen atoms in total. The molecule has 4 aliphatic rings. The van der Waals surface area contributed by atoms with Crippen molar-refractivity contribution < 1.29 is 9.31 Å². The van der Waals surface area contributed by atoms with Crippen LogP contribution in [0.2, 0.25) is 0 Å². The molecule has 3 aliphatic carbocycles. The van der Waals surface area contributed by atoms with Crippen LogP contribution < -0.4 is 5.73 Å². The van der Waals surface area contributed by atoms with E-state index < -0.39 is 0 Å². The van der Waals surface area contributed by atoms with Crippen molar-refractivity contribution in [3.8, 4) is 0 Å². The van der Waals surface area contributed by atoms with Crippen LogP contribution in [0, 0.1) is 17.3 Å². The van der Waals surface area contributed by atoms with Crippen molar-refractivity contribution in [3.63, 3.8) is 0 Å². The molecule has 0 aromatic rings. The fourth-order valence-corrected chi connectivity index (χ4v) is 4.89. The topological polar surface area (TPSA) is 44.5 Å². The van der Waals surface area contributed by atoms with Crippen molar-refractivity contribution in [3.05, 3.63) is 12.7 Å². The molecule has 0 spiro atoms. The van der Waals surface area contributed by atoms with Crippen LogP contribution in [0.25, 0.3) is 0 Å².